The van der Waals surface area contributed by atoms with Crippen molar-refractivity contribution in [2.24, 2.45) is 0 Å². The molecule has 0 saturated heterocycles. The highest BCUT2D eigenvalue weighted by molar-refractivity contribution is 5.97. The van der Waals surface area contributed by atoms with E-state index >= 15 is 0 Å². The van der Waals surface area contributed by atoms with Crippen molar-refractivity contribution in [2.45, 2.75) is 0 Å². The van der Waals surface area contributed by atoms with Gasteiger partial charge in [-0.05, 0) is 12.1 Å². The lowest BCUT2D eigenvalue weighted by atomic mass is 10.2. The molecule has 0 aliphatic carbocycles. The van der Waals surface area contributed by atoms with E-state index < -0.39 is 36.9 Å². The van der Waals surface area contributed by atoms with Crippen molar-refractivity contribution in [1.82, 2.24) is 9.88 Å². The Balaban J connectivity index is 2.90. The topological polar surface area (TPSA) is 85.8 Å². The molecule has 108 valence electrons. The number of carbonyl (C=O) groups excluding carboxylic acids is 3. The lowest BCUT2D eigenvalue weighted by Crippen LogP contribution is -2.40. The lowest BCUT2D eigenvalue weighted by molar-refractivity contribution is -0.144. The predicted octanol–water partition coefficient (Wildman–Crippen LogP) is 0.00890. The minimum Gasteiger partial charge on any atom is -0.468 e. The van der Waals surface area contributed by atoms with Gasteiger partial charge in [-0.15, -0.1) is 0 Å². The van der Waals surface area contributed by atoms with E-state index in [4.69, 9.17) is 0 Å². The van der Waals surface area contributed by atoms with Crippen LogP contribution < -0.4 is 0 Å². The van der Waals surface area contributed by atoms with Crippen LogP contribution in [0.3, 0.4) is 0 Å². The van der Waals surface area contributed by atoms with E-state index in [1.807, 2.05) is 0 Å². The second kappa shape index (κ2) is 7.17. The lowest BCUT2D eigenvalue weighted by Gasteiger charge is -2.19. The molecular formula is C12H13FN2O5. The Morgan fingerprint density at radius 3 is 2.10 bits per heavy atom. The maximum absolute atomic E-state index is 12.7. The van der Waals surface area contributed by atoms with Crippen LogP contribution in [0.4, 0.5) is 4.39 Å². The van der Waals surface area contributed by atoms with Gasteiger partial charge < -0.3 is 14.4 Å². The van der Waals surface area contributed by atoms with Crippen molar-refractivity contribution >= 4 is 17.8 Å². The molecule has 20 heavy (non-hydrogen) atoms. The highest BCUT2D eigenvalue weighted by atomic mass is 19.1. The van der Waals surface area contributed by atoms with Gasteiger partial charge in [-0.25, -0.2) is 4.98 Å². The van der Waals surface area contributed by atoms with Gasteiger partial charge in [0.25, 0.3) is 5.91 Å². The average molecular weight is 284 g/mol. The molecule has 0 unspecified atom stereocenters. The number of hydrogen-bond acceptors (Lipinski definition) is 6. The molecule has 0 saturated carbocycles. The van der Waals surface area contributed by atoms with Gasteiger partial charge in [0, 0.05) is 6.20 Å². The summed E-state index contributed by atoms with van der Waals surface area (Å²) in [6.45, 7) is -0.858. The van der Waals surface area contributed by atoms with E-state index in [1.54, 1.807) is 0 Å². The molecule has 1 amide bonds. The molecule has 0 atom stereocenters. The van der Waals surface area contributed by atoms with Gasteiger partial charge >= 0.3 is 11.9 Å². The van der Waals surface area contributed by atoms with Gasteiger partial charge in [0.05, 0.1) is 19.8 Å². The molecular weight excluding hydrogens is 271 g/mol. The predicted molar refractivity (Wildman–Crippen MR) is 64.1 cm³/mol. The first-order chi connectivity index (χ1) is 9.47. The van der Waals surface area contributed by atoms with Crippen LogP contribution in [-0.4, -0.2) is 55.0 Å². The molecule has 8 heteroatoms. The third kappa shape index (κ3) is 4.30. The van der Waals surface area contributed by atoms with Crippen molar-refractivity contribution in [3.05, 3.63) is 29.8 Å². The number of amides is 1. The van der Waals surface area contributed by atoms with Gasteiger partial charge in [-0.3, -0.25) is 14.4 Å². The van der Waals surface area contributed by atoms with E-state index in [2.05, 4.69) is 14.5 Å². The number of pyridine rings is 1. The first kappa shape index (κ1) is 15.5. The third-order valence-corrected chi connectivity index (χ3v) is 2.36. The van der Waals surface area contributed by atoms with Gasteiger partial charge in [0.1, 0.15) is 13.1 Å². The summed E-state index contributed by atoms with van der Waals surface area (Å²) >= 11 is 0. The SMILES string of the molecule is COC(=O)CN(CC(=O)OC)C(=O)c1ccc(F)nc1. The maximum atomic E-state index is 12.7. The Morgan fingerprint density at radius 2 is 1.70 bits per heavy atom. The number of ether oxygens (including phenoxy) is 2. The number of carbonyl (C=O) groups is 3. The number of nitrogens with zero attached hydrogens (tertiary/aromatic N) is 2. The smallest absolute Gasteiger partial charge is 0.325 e. The van der Waals surface area contributed by atoms with Crippen LogP contribution in [0.2, 0.25) is 0 Å². The van der Waals surface area contributed by atoms with Gasteiger partial charge in [-0.2, -0.15) is 4.39 Å². The quantitative estimate of drug-likeness (QED) is 0.559. The summed E-state index contributed by atoms with van der Waals surface area (Å²) in [7, 11) is 2.31. The fraction of sp³-hybridized carbons (Fsp3) is 0.333. The Hall–Kier alpha value is -2.51. The maximum Gasteiger partial charge on any atom is 0.325 e. The molecule has 1 aromatic heterocycles. The summed E-state index contributed by atoms with van der Waals surface area (Å²) < 4.78 is 21.6. The summed E-state index contributed by atoms with van der Waals surface area (Å²) in [6.07, 6.45) is 1.01. The molecule has 0 spiro atoms. The molecule has 0 radical (unpaired) electrons. The number of hydrogen-bond donors (Lipinski definition) is 0. The Kier molecular flexibility index (Phi) is 5.57. The van der Waals surface area contributed by atoms with Gasteiger partial charge in [0.15, 0.2) is 0 Å². The van der Waals surface area contributed by atoms with E-state index in [-0.39, 0.29) is 5.56 Å². The standard InChI is InChI=1S/C12H13FN2O5/c1-19-10(16)6-15(7-11(17)20-2)12(18)8-3-4-9(13)14-5-8/h3-5H,6-7H2,1-2H3. The highest BCUT2D eigenvalue weighted by Gasteiger charge is 2.22. The summed E-state index contributed by atoms with van der Waals surface area (Å²) in [5, 5.41) is 0. The van der Waals surface area contributed by atoms with E-state index in [9.17, 15) is 18.8 Å². The number of rotatable bonds is 5. The van der Waals surface area contributed by atoms with Crippen LogP contribution in [0.5, 0.6) is 0 Å². The summed E-state index contributed by atoms with van der Waals surface area (Å²) in [4.78, 5) is 38.8. The van der Waals surface area contributed by atoms with Crippen molar-refractivity contribution in [3.8, 4) is 0 Å². The van der Waals surface area contributed by atoms with Crippen molar-refractivity contribution in [3.63, 3.8) is 0 Å². The molecule has 0 bridgehead atoms. The minimum atomic E-state index is -0.742. The molecule has 0 aliphatic rings. The molecule has 7 nitrogen and oxygen atoms in total. The largest absolute Gasteiger partial charge is 0.468 e. The summed E-state index contributed by atoms with van der Waals surface area (Å²) in [6, 6.07) is 2.20. The van der Waals surface area contributed by atoms with E-state index in [1.165, 1.54) is 6.07 Å². The Bertz CT molecular complexity index is 485. The van der Waals surface area contributed by atoms with Gasteiger partial charge in [0.2, 0.25) is 5.95 Å². The molecule has 0 N–H and O–H groups in total. The second-order valence-corrected chi connectivity index (χ2v) is 3.68. The normalized spacial score (nSPS) is 9.75. The fourth-order valence-electron chi connectivity index (χ4n) is 1.33. The fourth-order valence-corrected chi connectivity index (χ4v) is 1.33. The van der Waals surface area contributed by atoms with Crippen LogP contribution in [-0.2, 0) is 19.1 Å². The van der Waals surface area contributed by atoms with Crippen LogP contribution in [0.25, 0.3) is 0 Å². The Labute approximate surface area is 114 Å². The Morgan fingerprint density at radius 1 is 1.15 bits per heavy atom. The van der Waals surface area contributed by atoms with Crippen molar-refractivity contribution < 1.29 is 28.2 Å². The molecule has 1 aromatic rings. The number of halogens is 1. The van der Waals surface area contributed by atoms with Crippen LogP contribution in [0.15, 0.2) is 18.3 Å². The summed E-state index contributed by atoms with van der Waals surface area (Å²) in [5.41, 5.74) is 0.0409. The number of esters is 2. The monoisotopic (exact) mass is 284 g/mol. The summed E-state index contributed by atoms with van der Waals surface area (Å²) in [5.74, 6) is -2.79. The second-order valence-electron chi connectivity index (χ2n) is 3.68. The highest BCUT2D eigenvalue weighted by Crippen LogP contribution is 2.05. The molecule has 1 heterocycles. The van der Waals surface area contributed by atoms with E-state index in [0.29, 0.717) is 0 Å². The molecule has 1 rings (SSSR count). The molecule has 0 aliphatic heterocycles. The average Bonchev–Trinajstić information content (AvgIpc) is 2.46. The zero-order valence-corrected chi connectivity index (χ0v) is 11.0. The van der Waals surface area contributed by atoms with Crippen LogP contribution >= 0.6 is 0 Å². The zero-order chi connectivity index (χ0) is 15.1. The van der Waals surface area contributed by atoms with Crippen LogP contribution in [0.1, 0.15) is 10.4 Å². The third-order valence-electron chi connectivity index (χ3n) is 2.36. The molecule has 0 aromatic carbocycles. The minimum absolute atomic E-state index is 0.0409. The van der Waals surface area contributed by atoms with Crippen molar-refractivity contribution in [1.29, 1.82) is 0 Å². The van der Waals surface area contributed by atoms with Gasteiger partial charge in [-0.1, -0.05) is 0 Å². The molecule has 0 fully saturated rings. The van der Waals surface area contributed by atoms with Crippen molar-refractivity contribution in [2.75, 3.05) is 27.3 Å². The first-order valence-electron chi connectivity index (χ1n) is 5.52. The number of aromatic nitrogens is 1. The van der Waals surface area contributed by atoms with Crippen LogP contribution in [0, 0.1) is 5.95 Å². The van der Waals surface area contributed by atoms with E-state index in [0.717, 1.165) is 31.4 Å². The number of methoxy groups -OCH3 is 2. The first-order valence-corrected chi connectivity index (χ1v) is 5.52. The zero-order valence-electron chi connectivity index (χ0n) is 11.0.